The predicted octanol–water partition coefficient (Wildman–Crippen LogP) is 1.56. The zero-order valence-electron chi connectivity index (χ0n) is 17.7. The Hall–Kier alpha value is -2.59. The number of ether oxygens (including phenoxy) is 2. The maximum absolute atomic E-state index is 12.7. The highest BCUT2D eigenvalue weighted by Crippen LogP contribution is 2.28. The number of nitrogens with zero attached hydrogens (tertiary/aromatic N) is 2. The molecule has 0 bridgehead atoms. The fraction of sp³-hybridized carbons (Fsp3) is 0.500. The molecule has 0 unspecified atom stereocenters. The summed E-state index contributed by atoms with van der Waals surface area (Å²) in [6.07, 6.45) is 1.38. The molecule has 2 N–H and O–H groups in total. The van der Waals surface area contributed by atoms with Crippen molar-refractivity contribution in [1.82, 2.24) is 19.8 Å². The van der Waals surface area contributed by atoms with Crippen LogP contribution in [0.2, 0.25) is 0 Å². The molecular formula is C20H28N4O5S. The highest BCUT2D eigenvalue weighted by Gasteiger charge is 2.29. The lowest BCUT2D eigenvalue weighted by molar-refractivity contribution is -0.131. The molecule has 30 heavy (non-hydrogen) atoms. The Morgan fingerprint density at radius 2 is 1.87 bits per heavy atom. The van der Waals surface area contributed by atoms with Crippen molar-refractivity contribution in [3.05, 3.63) is 35.2 Å². The van der Waals surface area contributed by atoms with E-state index in [-0.39, 0.29) is 23.3 Å². The summed E-state index contributed by atoms with van der Waals surface area (Å²) in [7, 11) is -0.528. The van der Waals surface area contributed by atoms with Gasteiger partial charge in [-0.05, 0) is 44.4 Å². The first-order valence-electron chi connectivity index (χ1n) is 9.77. The van der Waals surface area contributed by atoms with Crippen LogP contribution in [0, 0.1) is 13.8 Å². The van der Waals surface area contributed by atoms with Crippen LogP contribution in [-0.4, -0.2) is 62.8 Å². The van der Waals surface area contributed by atoms with Gasteiger partial charge in [0.2, 0.25) is 15.9 Å². The first-order valence-corrected chi connectivity index (χ1v) is 11.3. The number of rotatable bonds is 7. The van der Waals surface area contributed by atoms with Crippen molar-refractivity contribution >= 4 is 15.9 Å². The number of piperidine rings is 1. The maximum atomic E-state index is 12.7. The Morgan fingerprint density at radius 1 is 1.20 bits per heavy atom. The van der Waals surface area contributed by atoms with E-state index in [0.717, 1.165) is 5.56 Å². The minimum Gasteiger partial charge on any atom is -0.493 e. The van der Waals surface area contributed by atoms with Crippen molar-refractivity contribution in [2.45, 2.75) is 44.0 Å². The molecule has 2 aromatic rings. The van der Waals surface area contributed by atoms with E-state index in [1.54, 1.807) is 45.1 Å². The zero-order chi connectivity index (χ0) is 21.9. The minimum atomic E-state index is -3.65. The summed E-state index contributed by atoms with van der Waals surface area (Å²) >= 11 is 0. The van der Waals surface area contributed by atoms with Gasteiger partial charge in [0.25, 0.3) is 0 Å². The van der Waals surface area contributed by atoms with Crippen LogP contribution in [-0.2, 0) is 21.2 Å². The van der Waals surface area contributed by atoms with Gasteiger partial charge in [-0.1, -0.05) is 6.07 Å². The third kappa shape index (κ3) is 4.76. The van der Waals surface area contributed by atoms with E-state index in [2.05, 4.69) is 14.9 Å². The normalized spacial score (nSPS) is 15.3. The quantitative estimate of drug-likeness (QED) is 0.681. The molecule has 1 aliphatic rings. The average Bonchev–Trinajstić information content (AvgIpc) is 3.07. The van der Waals surface area contributed by atoms with Crippen LogP contribution in [0.3, 0.4) is 0 Å². The fourth-order valence-electron chi connectivity index (χ4n) is 3.74. The number of nitrogens with one attached hydrogen (secondary N) is 2. The second-order valence-electron chi connectivity index (χ2n) is 7.41. The van der Waals surface area contributed by atoms with Crippen molar-refractivity contribution in [2.75, 3.05) is 27.3 Å². The molecule has 0 aliphatic carbocycles. The average molecular weight is 437 g/mol. The summed E-state index contributed by atoms with van der Waals surface area (Å²) in [4.78, 5) is 14.7. The van der Waals surface area contributed by atoms with Gasteiger partial charge in [-0.2, -0.15) is 5.10 Å². The summed E-state index contributed by atoms with van der Waals surface area (Å²) in [5.41, 5.74) is 1.80. The maximum Gasteiger partial charge on any atom is 0.244 e. The molecule has 1 amide bonds. The number of methoxy groups -OCH3 is 2. The molecule has 1 saturated heterocycles. The van der Waals surface area contributed by atoms with Gasteiger partial charge in [0.1, 0.15) is 4.90 Å². The van der Waals surface area contributed by atoms with Crippen molar-refractivity contribution in [1.29, 1.82) is 0 Å². The van der Waals surface area contributed by atoms with Crippen molar-refractivity contribution in [3.63, 3.8) is 0 Å². The number of aryl methyl sites for hydroxylation is 2. The van der Waals surface area contributed by atoms with Crippen molar-refractivity contribution in [2.24, 2.45) is 0 Å². The molecule has 1 aromatic heterocycles. The number of aromatic nitrogens is 2. The second-order valence-corrected chi connectivity index (χ2v) is 9.06. The molecule has 1 aliphatic heterocycles. The van der Waals surface area contributed by atoms with Gasteiger partial charge < -0.3 is 14.4 Å². The topological polar surface area (TPSA) is 114 Å². The smallest absolute Gasteiger partial charge is 0.244 e. The third-order valence-electron chi connectivity index (χ3n) is 5.30. The van der Waals surface area contributed by atoms with Crippen LogP contribution in [0.1, 0.15) is 29.8 Å². The number of likely N-dealkylation sites (tertiary alicyclic amines) is 1. The molecule has 164 valence electrons. The van der Waals surface area contributed by atoms with Gasteiger partial charge in [-0.15, -0.1) is 0 Å². The van der Waals surface area contributed by atoms with Crippen molar-refractivity contribution in [3.8, 4) is 11.5 Å². The van der Waals surface area contributed by atoms with Crippen LogP contribution >= 0.6 is 0 Å². The summed E-state index contributed by atoms with van der Waals surface area (Å²) < 4.78 is 38.7. The van der Waals surface area contributed by atoms with E-state index < -0.39 is 10.0 Å². The number of aromatic amines is 1. The number of carbonyl (C=O) groups excluding carboxylic acids is 1. The summed E-state index contributed by atoms with van der Waals surface area (Å²) in [6, 6.07) is 5.21. The van der Waals surface area contributed by atoms with E-state index in [0.29, 0.717) is 48.8 Å². The van der Waals surface area contributed by atoms with Crippen LogP contribution in [0.15, 0.2) is 23.1 Å². The van der Waals surface area contributed by atoms with Crippen LogP contribution in [0.4, 0.5) is 0 Å². The fourth-order valence-corrected chi connectivity index (χ4v) is 5.41. The van der Waals surface area contributed by atoms with Gasteiger partial charge in [-0.3, -0.25) is 9.89 Å². The molecule has 9 nitrogen and oxygen atoms in total. The zero-order valence-corrected chi connectivity index (χ0v) is 18.5. The monoisotopic (exact) mass is 436 g/mol. The van der Waals surface area contributed by atoms with Gasteiger partial charge in [0, 0.05) is 19.1 Å². The molecule has 1 fully saturated rings. The molecule has 2 heterocycles. The van der Waals surface area contributed by atoms with Gasteiger partial charge in [-0.25, -0.2) is 13.1 Å². The number of benzene rings is 1. The largest absolute Gasteiger partial charge is 0.493 e. The highest BCUT2D eigenvalue weighted by atomic mass is 32.2. The van der Waals surface area contributed by atoms with E-state index in [9.17, 15) is 13.2 Å². The van der Waals surface area contributed by atoms with Gasteiger partial charge >= 0.3 is 0 Å². The third-order valence-corrected chi connectivity index (χ3v) is 7.08. The number of hydrogen-bond acceptors (Lipinski definition) is 6. The second kappa shape index (κ2) is 9.05. The molecule has 0 saturated carbocycles. The van der Waals surface area contributed by atoms with E-state index in [1.165, 1.54) is 0 Å². The molecular weight excluding hydrogens is 408 g/mol. The van der Waals surface area contributed by atoms with E-state index in [1.807, 2.05) is 6.07 Å². The molecule has 0 atom stereocenters. The lowest BCUT2D eigenvalue weighted by atomic mass is 10.0. The number of carbonyl (C=O) groups is 1. The highest BCUT2D eigenvalue weighted by molar-refractivity contribution is 7.89. The summed E-state index contributed by atoms with van der Waals surface area (Å²) in [5, 5.41) is 6.66. The Labute approximate surface area is 176 Å². The molecule has 3 rings (SSSR count). The molecule has 1 aromatic carbocycles. The Morgan fingerprint density at radius 3 is 2.43 bits per heavy atom. The van der Waals surface area contributed by atoms with Crippen molar-refractivity contribution < 1.29 is 22.7 Å². The van der Waals surface area contributed by atoms with Gasteiger partial charge in [0.15, 0.2) is 11.5 Å². The number of H-pyrrole nitrogens is 1. The van der Waals surface area contributed by atoms with E-state index in [4.69, 9.17) is 9.47 Å². The SMILES string of the molecule is COc1ccc(CC(=O)N2CCC(NS(=O)(=O)c3c(C)n[nH]c3C)CC2)cc1OC. The molecule has 0 spiro atoms. The predicted molar refractivity (Wildman–Crippen MR) is 111 cm³/mol. The molecule has 10 heteroatoms. The van der Waals surface area contributed by atoms with Crippen LogP contribution in [0.25, 0.3) is 0 Å². The molecule has 0 radical (unpaired) electrons. The Balaban J connectivity index is 1.57. The number of sulfonamides is 1. The Kier molecular flexibility index (Phi) is 6.67. The number of hydrogen-bond donors (Lipinski definition) is 2. The first-order chi connectivity index (χ1) is 14.2. The van der Waals surface area contributed by atoms with E-state index >= 15 is 0 Å². The summed E-state index contributed by atoms with van der Waals surface area (Å²) in [6.45, 7) is 4.35. The lowest BCUT2D eigenvalue weighted by Gasteiger charge is -2.32. The Bertz CT molecular complexity index is 991. The lowest BCUT2D eigenvalue weighted by Crippen LogP contribution is -2.47. The van der Waals surface area contributed by atoms with Crippen LogP contribution in [0.5, 0.6) is 11.5 Å². The first kappa shape index (κ1) is 22.1. The van der Waals surface area contributed by atoms with Crippen LogP contribution < -0.4 is 14.2 Å². The minimum absolute atomic E-state index is 0.00468. The standard InChI is InChI=1S/C20H28N4O5S/c1-13-20(14(2)22-21-13)30(26,27)23-16-7-9-24(10-8-16)19(25)12-15-5-6-17(28-3)18(11-15)29-4/h5-6,11,16,23H,7-10,12H2,1-4H3,(H,21,22). The summed E-state index contributed by atoms with van der Waals surface area (Å²) in [5.74, 6) is 1.20. The number of amides is 1. The van der Waals surface area contributed by atoms with Gasteiger partial charge in [0.05, 0.1) is 32.0 Å².